The molecule has 3 rings (SSSR count). The number of amides is 1. The van der Waals surface area contributed by atoms with Gasteiger partial charge in [0.05, 0.1) is 12.8 Å². The van der Waals surface area contributed by atoms with Gasteiger partial charge in [0.15, 0.2) is 0 Å². The van der Waals surface area contributed by atoms with Gasteiger partial charge >= 0.3 is 6.09 Å². The van der Waals surface area contributed by atoms with E-state index < -0.39 is 12.0 Å². The molecule has 7 heteroatoms. The van der Waals surface area contributed by atoms with Gasteiger partial charge in [0.25, 0.3) is 0 Å². The molecule has 0 aliphatic heterocycles. The molecule has 2 aliphatic carbocycles. The van der Waals surface area contributed by atoms with Crippen LogP contribution in [0.3, 0.4) is 0 Å². The van der Waals surface area contributed by atoms with Crippen molar-refractivity contribution in [2.75, 3.05) is 12.4 Å². The van der Waals surface area contributed by atoms with E-state index in [4.69, 9.17) is 0 Å². The molecule has 1 amide bonds. The van der Waals surface area contributed by atoms with Gasteiger partial charge in [-0.15, -0.1) is 0 Å². The number of nitrogens with one attached hydrogen (secondary N) is 1. The highest BCUT2D eigenvalue weighted by Crippen LogP contribution is 2.51. The van der Waals surface area contributed by atoms with Crippen molar-refractivity contribution < 1.29 is 18.3 Å². The van der Waals surface area contributed by atoms with Crippen LogP contribution in [-0.4, -0.2) is 28.9 Å². The van der Waals surface area contributed by atoms with Crippen LogP contribution in [-0.2, 0) is 18.2 Å². The van der Waals surface area contributed by atoms with Crippen molar-refractivity contribution in [3.63, 3.8) is 0 Å². The number of methoxy groups -OCH3 is 1. The second-order valence-electron chi connectivity index (χ2n) is 7.25. The number of anilines is 1. The topological polar surface area (TPSA) is 56.1 Å². The summed E-state index contributed by atoms with van der Waals surface area (Å²) in [5.41, 5.74) is 1.76. The molecule has 0 saturated heterocycles. The second-order valence-corrected chi connectivity index (χ2v) is 7.25. The molecular formula is C16H23F2N3O2. The van der Waals surface area contributed by atoms with Gasteiger partial charge in [-0.2, -0.15) is 5.10 Å². The van der Waals surface area contributed by atoms with Crippen LogP contribution in [0.1, 0.15) is 56.2 Å². The van der Waals surface area contributed by atoms with Gasteiger partial charge in [0.2, 0.25) is 5.92 Å². The molecule has 1 heterocycles. The zero-order valence-corrected chi connectivity index (χ0v) is 13.8. The van der Waals surface area contributed by atoms with E-state index >= 15 is 0 Å². The first-order chi connectivity index (χ1) is 10.7. The van der Waals surface area contributed by atoms with E-state index in [1.54, 1.807) is 11.7 Å². The van der Waals surface area contributed by atoms with E-state index in [2.05, 4.69) is 22.1 Å². The molecule has 0 unspecified atom stereocenters. The molecule has 0 radical (unpaired) electrons. The van der Waals surface area contributed by atoms with E-state index in [0.29, 0.717) is 11.5 Å². The van der Waals surface area contributed by atoms with Crippen molar-refractivity contribution in [1.82, 2.24) is 9.78 Å². The second kappa shape index (κ2) is 5.46. The Kier molecular flexibility index (Phi) is 3.84. The summed E-state index contributed by atoms with van der Waals surface area (Å²) in [5.74, 6) is -2.26. The Labute approximate surface area is 134 Å². The lowest BCUT2D eigenvalue weighted by Crippen LogP contribution is -2.35. The fourth-order valence-corrected chi connectivity index (χ4v) is 3.63. The molecule has 128 valence electrons. The summed E-state index contributed by atoms with van der Waals surface area (Å²) in [7, 11) is 3.02. The Bertz CT molecular complexity index is 615. The third-order valence-corrected chi connectivity index (χ3v) is 5.22. The zero-order valence-electron chi connectivity index (χ0n) is 13.8. The molecule has 0 spiro atoms. The molecule has 2 fully saturated rings. The molecule has 1 aromatic rings. The van der Waals surface area contributed by atoms with Crippen LogP contribution in [0.5, 0.6) is 0 Å². The van der Waals surface area contributed by atoms with Crippen LogP contribution in [0.4, 0.5) is 19.4 Å². The Hall–Kier alpha value is -1.66. The standard InChI is InChI=1S/C16H23F2N3O2/c1-15(5-4-6-15)9-11-12(10-7-16(17,18)8-10)20-21(2)13(11)19-14(22)23-3/h10H,4-9H2,1-3H3,(H,19,22). The Balaban J connectivity index is 1.91. The first-order valence-electron chi connectivity index (χ1n) is 8.02. The molecule has 1 aromatic heterocycles. The van der Waals surface area contributed by atoms with Crippen molar-refractivity contribution in [2.45, 2.75) is 57.3 Å². The number of aromatic nitrogens is 2. The quantitative estimate of drug-likeness (QED) is 0.914. The number of rotatable bonds is 4. The van der Waals surface area contributed by atoms with E-state index in [-0.39, 0.29) is 24.2 Å². The van der Waals surface area contributed by atoms with Gasteiger partial charge in [-0.3, -0.25) is 10.00 Å². The number of hydrogen-bond donors (Lipinski definition) is 1. The van der Waals surface area contributed by atoms with Crippen molar-refractivity contribution in [3.8, 4) is 0 Å². The van der Waals surface area contributed by atoms with Crippen LogP contribution >= 0.6 is 0 Å². The van der Waals surface area contributed by atoms with Crippen LogP contribution in [0.2, 0.25) is 0 Å². The number of carbonyl (C=O) groups is 1. The molecule has 5 nitrogen and oxygen atoms in total. The highest BCUT2D eigenvalue weighted by atomic mass is 19.3. The van der Waals surface area contributed by atoms with Gasteiger partial charge in [-0.05, 0) is 24.7 Å². The van der Waals surface area contributed by atoms with Crippen molar-refractivity contribution in [1.29, 1.82) is 0 Å². The smallest absolute Gasteiger partial charge is 0.412 e. The summed E-state index contributed by atoms with van der Waals surface area (Å²) in [6.07, 6.45) is 3.26. The van der Waals surface area contributed by atoms with Crippen molar-refractivity contribution in [3.05, 3.63) is 11.3 Å². The molecule has 0 bridgehead atoms. The fourth-order valence-electron chi connectivity index (χ4n) is 3.63. The summed E-state index contributed by atoms with van der Waals surface area (Å²) in [6, 6.07) is 0. The average Bonchev–Trinajstić information content (AvgIpc) is 2.71. The largest absolute Gasteiger partial charge is 0.453 e. The monoisotopic (exact) mass is 327 g/mol. The zero-order chi connectivity index (χ0) is 16.8. The van der Waals surface area contributed by atoms with Crippen LogP contribution in [0, 0.1) is 5.41 Å². The predicted octanol–water partition coefficient (Wildman–Crippen LogP) is 3.84. The minimum Gasteiger partial charge on any atom is -0.453 e. The fraction of sp³-hybridized carbons (Fsp3) is 0.750. The highest BCUT2D eigenvalue weighted by molar-refractivity contribution is 5.84. The SMILES string of the molecule is COC(=O)Nc1c(CC2(C)CCC2)c(C2CC(F)(F)C2)nn1C. The maximum atomic E-state index is 13.3. The molecule has 0 atom stereocenters. The minimum absolute atomic E-state index is 0.161. The van der Waals surface area contributed by atoms with E-state index in [1.165, 1.54) is 13.5 Å². The van der Waals surface area contributed by atoms with Gasteiger partial charge in [-0.25, -0.2) is 13.6 Å². The van der Waals surface area contributed by atoms with Crippen molar-refractivity contribution in [2.24, 2.45) is 12.5 Å². The molecule has 2 aliphatic rings. The number of carbonyl (C=O) groups excluding carboxylic acids is 1. The maximum Gasteiger partial charge on any atom is 0.412 e. The normalized spacial score (nSPS) is 22.1. The molecular weight excluding hydrogens is 304 g/mol. The number of ether oxygens (including phenoxy) is 1. The predicted molar refractivity (Wildman–Crippen MR) is 81.8 cm³/mol. The van der Waals surface area contributed by atoms with Crippen LogP contribution in [0.25, 0.3) is 0 Å². The van der Waals surface area contributed by atoms with Gasteiger partial charge < -0.3 is 4.74 Å². The average molecular weight is 327 g/mol. The lowest BCUT2D eigenvalue weighted by Gasteiger charge is -2.40. The summed E-state index contributed by atoms with van der Waals surface area (Å²) < 4.78 is 32.8. The summed E-state index contributed by atoms with van der Waals surface area (Å²) in [6.45, 7) is 2.20. The third-order valence-electron chi connectivity index (χ3n) is 5.22. The Morgan fingerprint density at radius 2 is 2.09 bits per heavy atom. The van der Waals surface area contributed by atoms with Crippen LogP contribution < -0.4 is 5.32 Å². The van der Waals surface area contributed by atoms with Gasteiger partial charge in [-0.1, -0.05) is 13.3 Å². The van der Waals surface area contributed by atoms with Gasteiger partial charge in [0.1, 0.15) is 5.82 Å². The first-order valence-corrected chi connectivity index (χ1v) is 8.02. The lowest BCUT2D eigenvalue weighted by atomic mass is 9.66. The summed E-state index contributed by atoms with van der Waals surface area (Å²) in [5, 5.41) is 7.14. The maximum absolute atomic E-state index is 13.3. The number of aryl methyl sites for hydroxylation is 1. The van der Waals surface area contributed by atoms with E-state index in [1.807, 2.05) is 0 Å². The van der Waals surface area contributed by atoms with E-state index in [0.717, 1.165) is 24.8 Å². The van der Waals surface area contributed by atoms with E-state index in [9.17, 15) is 13.6 Å². The number of halogens is 2. The summed E-state index contributed by atoms with van der Waals surface area (Å²) in [4.78, 5) is 11.6. The Morgan fingerprint density at radius 3 is 2.57 bits per heavy atom. The molecule has 1 N–H and O–H groups in total. The number of nitrogens with zero attached hydrogens (tertiary/aromatic N) is 2. The summed E-state index contributed by atoms with van der Waals surface area (Å²) >= 11 is 0. The number of alkyl halides is 2. The lowest BCUT2D eigenvalue weighted by molar-refractivity contribution is -0.0879. The third kappa shape index (κ3) is 3.05. The minimum atomic E-state index is -2.59. The van der Waals surface area contributed by atoms with Gasteiger partial charge in [0, 0.05) is 31.4 Å². The van der Waals surface area contributed by atoms with Crippen LogP contribution in [0.15, 0.2) is 0 Å². The first kappa shape index (κ1) is 16.2. The van der Waals surface area contributed by atoms with Crippen molar-refractivity contribution >= 4 is 11.9 Å². The molecule has 0 aromatic carbocycles. The Morgan fingerprint density at radius 1 is 1.43 bits per heavy atom. The molecule has 2 saturated carbocycles. The highest BCUT2D eigenvalue weighted by Gasteiger charge is 2.48. The number of hydrogen-bond acceptors (Lipinski definition) is 3. The molecule has 23 heavy (non-hydrogen) atoms.